The van der Waals surface area contributed by atoms with Gasteiger partial charge in [0.25, 0.3) is 5.56 Å². The highest BCUT2D eigenvalue weighted by atomic mass is 32.2. The predicted octanol–water partition coefficient (Wildman–Crippen LogP) is -0.239. The van der Waals surface area contributed by atoms with Crippen LogP contribution in [0.5, 0.6) is 0 Å². The monoisotopic (exact) mass is 216 g/mol. The lowest BCUT2D eigenvalue weighted by molar-refractivity contribution is 0.595. The zero-order valence-electron chi connectivity index (χ0n) is 8.02. The van der Waals surface area contributed by atoms with E-state index in [2.05, 4.69) is 0 Å². The minimum absolute atomic E-state index is 0.00921. The van der Waals surface area contributed by atoms with Crippen molar-refractivity contribution in [1.29, 1.82) is 0 Å². The molecule has 0 fully saturated rings. The molecule has 14 heavy (non-hydrogen) atoms. The number of anilines is 1. The molecular formula is C8H12N2O3S. The molecule has 0 aliphatic carbocycles. The third-order valence-electron chi connectivity index (χ3n) is 1.95. The van der Waals surface area contributed by atoms with Gasteiger partial charge in [-0.15, -0.1) is 0 Å². The summed E-state index contributed by atoms with van der Waals surface area (Å²) in [6.07, 6.45) is 1.44. The fourth-order valence-corrected chi connectivity index (χ4v) is 2.20. The lowest BCUT2D eigenvalue weighted by atomic mass is 10.4. The van der Waals surface area contributed by atoms with Gasteiger partial charge in [-0.2, -0.15) is 0 Å². The van der Waals surface area contributed by atoms with E-state index in [1.165, 1.54) is 30.8 Å². The Kier molecular flexibility index (Phi) is 2.66. The Labute approximate surface area is 82.1 Å². The number of aromatic nitrogens is 1. The largest absolute Gasteiger partial charge is 0.397 e. The molecule has 0 aromatic carbocycles. The second-order valence-corrected chi connectivity index (χ2v) is 5.13. The summed E-state index contributed by atoms with van der Waals surface area (Å²) in [5.74, 6) is -0.129. The van der Waals surface area contributed by atoms with Crippen LogP contribution < -0.4 is 11.3 Å². The molecule has 0 spiro atoms. The molecule has 0 saturated heterocycles. The zero-order valence-corrected chi connectivity index (χ0v) is 8.84. The minimum Gasteiger partial charge on any atom is -0.397 e. The summed E-state index contributed by atoms with van der Waals surface area (Å²) in [6.45, 7) is 1.47. The van der Waals surface area contributed by atoms with Gasteiger partial charge in [0.05, 0.1) is 11.4 Å². The van der Waals surface area contributed by atoms with Crippen LogP contribution in [-0.4, -0.2) is 18.7 Å². The molecule has 1 heterocycles. The van der Waals surface area contributed by atoms with E-state index >= 15 is 0 Å². The van der Waals surface area contributed by atoms with Crippen molar-refractivity contribution in [2.24, 2.45) is 7.05 Å². The predicted molar refractivity (Wildman–Crippen MR) is 53.8 cm³/mol. The zero-order chi connectivity index (χ0) is 10.9. The number of hydrogen-bond acceptors (Lipinski definition) is 4. The average molecular weight is 216 g/mol. The highest BCUT2D eigenvalue weighted by Crippen LogP contribution is 2.13. The summed E-state index contributed by atoms with van der Waals surface area (Å²) in [7, 11) is -2.06. The number of nitrogen functional groups attached to an aromatic ring is 1. The maximum atomic E-state index is 11.5. The van der Waals surface area contributed by atoms with E-state index in [4.69, 9.17) is 5.73 Å². The van der Waals surface area contributed by atoms with Crippen LogP contribution in [0.3, 0.4) is 0 Å². The van der Waals surface area contributed by atoms with Gasteiger partial charge in [0.2, 0.25) is 0 Å². The Hall–Kier alpha value is -1.30. The van der Waals surface area contributed by atoms with Crippen LogP contribution in [-0.2, 0) is 16.9 Å². The van der Waals surface area contributed by atoms with Crippen molar-refractivity contribution in [3.8, 4) is 0 Å². The van der Waals surface area contributed by atoms with Crippen LogP contribution in [0, 0.1) is 0 Å². The first-order valence-corrected chi connectivity index (χ1v) is 5.73. The third-order valence-corrected chi connectivity index (χ3v) is 3.74. The Balaban J connectivity index is 3.66. The van der Waals surface area contributed by atoms with Gasteiger partial charge in [-0.25, -0.2) is 8.42 Å². The van der Waals surface area contributed by atoms with Gasteiger partial charge in [-0.1, -0.05) is 6.92 Å². The number of aryl methyl sites for hydroxylation is 1. The number of pyridine rings is 1. The molecule has 1 aromatic heterocycles. The molecule has 0 aliphatic rings. The Morgan fingerprint density at radius 2 is 2.07 bits per heavy atom. The molecule has 78 valence electrons. The van der Waals surface area contributed by atoms with Gasteiger partial charge in [-0.05, 0) is 6.07 Å². The second-order valence-electron chi connectivity index (χ2n) is 2.92. The van der Waals surface area contributed by atoms with Crippen LogP contribution in [0.1, 0.15) is 6.92 Å². The summed E-state index contributed by atoms with van der Waals surface area (Å²) < 4.78 is 24.2. The molecule has 1 rings (SSSR count). The fraction of sp³-hybridized carbons (Fsp3) is 0.375. The van der Waals surface area contributed by atoms with Crippen molar-refractivity contribution in [2.75, 3.05) is 11.5 Å². The van der Waals surface area contributed by atoms with Crippen LogP contribution in [0.15, 0.2) is 22.0 Å². The molecule has 0 saturated carbocycles. The van der Waals surface area contributed by atoms with Crippen molar-refractivity contribution >= 4 is 15.5 Å². The number of nitrogens with two attached hydrogens (primary N) is 1. The number of rotatable bonds is 2. The third kappa shape index (κ3) is 1.65. The highest BCUT2D eigenvalue weighted by Gasteiger charge is 2.20. The molecule has 0 bridgehead atoms. The molecule has 0 aliphatic heterocycles. The van der Waals surface area contributed by atoms with Crippen molar-refractivity contribution in [3.63, 3.8) is 0 Å². The lowest BCUT2D eigenvalue weighted by Gasteiger charge is -2.06. The molecule has 1 aromatic rings. The lowest BCUT2D eigenvalue weighted by Crippen LogP contribution is -2.25. The highest BCUT2D eigenvalue weighted by molar-refractivity contribution is 7.91. The summed E-state index contributed by atoms with van der Waals surface area (Å²) in [5.41, 5.74) is 4.89. The van der Waals surface area contributed by atoms with E-state index in [1.54, 1.807) is 0 Å². The smallest absolute Gasteiger partial charge is 0.271 e. The van der Waals surface area contributed by atoms with Crippen molar-refractivity contribution in [1.82, 2.24) is 4.57 Å². The molecule has 0 amide bonds. The van der Waals surface area contributed by atoms with Gasteiger partial charge in [0, 0.05) is 13.2 Å². The second kappa shape index (κ2) is 3.45. The van der Waals surface area contributed by atoms with Gasteiger partial charge in [0.15, 0.2) is 14.7 Å². The minimum atomic E-state index is -3.54. The molecule has 0 radical (unpaired) electrons. The van der Waals surface area contributed by atoms with Crippen LogP contribution in [0.4, 0.5) is 5.69 Å². The number of nitrogens with zero attached hydrogens (tertiary/aromatic N) is 1. The number of sulfone groups is 1. The van der Waals surface area contributed by atoms with E-state index in [1.807, 2.05) is 0 Å². The van der Waals surface area contributed by atoms with E-state index < -0.39 is 15.4 Å². The van der Waals surface area contributed by atoms with Crippen molar-refractivity contribution in [3.05, 3.63) is 22.6 Å². The van der Waals surface area contributed by atoms with Gasteiger partial charge in [-0.3, -0.25) is 4.79 Å². The fourth-order valence-electron chi connectivity index (χ4n) is 1.08. The summed E-state index contributed by atoms with van der Waals surface area (Å²) in [4.78, 5) is 11.2. The SMILES string of the molecule is CCS(=O)(=O)c1c(N)ccn(C)c1=O. The van der Waals surface area contributed by atoms with E-state index in [0.29, 0.717) is 0 Å². The number of hydrogen-bond donors (Lipinski definition) is 1. The Morgan fingerprint density at radius 1 is 1.50 bits per heavy atom. The summed E-state index contributed by atoms with van der Waals surface area (Å²) in [5, 5.41) is 0. The van der Waals surface area contributed by atoms with Crippen LogP contribution >= 0.6 is 0 Å². The van der Waals surface area contributed by atoms with E-state index in [0.717, 1.165) is 0 Å². The molecular weight excluding hydrogens is 204 g/mol. The topological polar surface area (TPSA) is 82.2 Å². The average Bonchev–Trinajstić information content (AvgIpc) is 2.12. The molecule has 2 N–H and O–H groups in total. The van der Waals surface area contributed by atoms with E-state index in [-0.39, 0.29) is 16.3 Å². The standard InChI is InChI=1S/C8H12N2O3S/c1-3-14(12,13)7-6(9)4-5-10(2)8(7)11/h4-5H,3,9H2,1-2H3. The Morgan fingerprint density at radius 3 is 2.57 bits per heavy atom. The quantitative estimate of drug-likeness (QED) is 0.739. The Bertz CT molecular complexity index is 502. The molecule has 6 heteroatoms. The first-order chi connectivity index (χ1) is 6.40. The van der Waals surface area contributed by atoms with Crippen LogP contribution in [0.25, 0.3) is 0 Å². The van der Waals surface area contributed by atoms with Gasteiger partial charge in [0.1, 0.15) is 0 Å². The first kappa shape index (κ1) is 10.8. The molecule has 0 unspecified atom stereocenters. The summed E-state index contributed by atoms with van der Waals surface area (Å²) in [6, 6.07) is 1.41. The van der Waals surface area contributed by atoms with Gasteiger partial charge < -0.3 is 10.3 Å². The first-order valence-electron chi connectivity index (χ1n) is 4.08. The maximum absolute atomic E-state index is 11.5. The summed E-state index contributed by atoms with van der Waals surface area (Å²) >= 11 is 0. The van der Waals surface area contributed by atoms with Crippen LogP contribution in [0.2, 0.25) is 0 Å². The van der Waals surface area contributed by atoms with Crippen molar-refractivity contribution in [2.45, 2.75) is 11.8 Å². The van der Waals surface area contributed by atoms with E-state index in [9.17, 15) is 13.2 Å². The maximum Gasteiger partial charge on any atom is 0.271 e. The normalized spacial score (nSPS) is 11.6. The molecule has 0 atom stereocenters. The van der Waals surface area contributed by atoms with Gasteiger partial charge >= 0.3 is 0 Å². The molecule has 5 nitrogen and oxygen atoms in total. The van der Waals surface area contributed by atoms with Crippen molar-refractivity contribution < 1.29 is 8.42 Å².